The number of carbonyl (C=O) groups excluding carboxylic acids is 1. The van der Waals surface area contributed by atoms with Crippen molar-refractivity contribution < 1.29 is 9.53 Å². The topological polar surface area (TPSA) is 67.3 Å². The molecule has 2 heterocycles. The molecule has 0 aliphatic carbocycles. The Labute approximate surface area is 154 Å². The molecule has 1 aliphatic heterocycles. The van der Waals surface area contributed by atoms with E-state index in [0.29, 0.717) is 17.3 Å². The van der Waals surface area contributed by atoms with E-state index < -0.39 is 0 Å². The zero-order chi connectivity index (χ0) is 18.2. The van der Waals surface area contributed by atoms with Crippen LogP contribution in [0.1, 0.15) is 23.2 Å². The first kappa shape index (κ1) is 18.5. The molecule has 0 radical (unpaired) electrons. The molecule has 26 heavy (non-hydrogen) atoms. The quantitative estimate of drug-likeness (QED) is 0.826. The second kappa shape index (κ2) is 9.40. The third-order valence-corrected chi connectivity index (χ3v) is 4.82. The molecule has 0 saturated carbocycles. The van der Waals surface area contributed by atoms with Gasteiger partial charge in [0.15, 0.2) is 5.82 Å². The van der Waals surface area contributed by atoms with E-state index in [0.717, 1.165) is 51.2 Å². The van der Waals surface area contributed by atoms with E-state index in [2.05, 4.69) is 20.2 Å². The highest BCUT2D eigenvalue weighted by Gasteiger charge is 2.19. The fourth-order valence-corrected chi connectivity index (χ4v) is 3.22. The third-order valence-electron chi connectivity index (χ3n) is 4.82. The highest BCUT2D eigenvalue weighted by molar-refractivity contribution is 5.95. The van der Waals surface area contributed by atoms with Crippen LogP contribution in [0.4, 0.5) is 0 Å². The highest BCUT2D eigenvalue weighted by atomic mass is 16.5. The number of likely N-dealkylation sites (tertiary alicyclic amines) is 1. The predicted molar refractivity (Wildman–Crippen MR) is 101 cm³/mol. The van der Waals surface area contributed by atoms with Crippen molar-refractivity contribution >= 4 is 5.91 Å². The Morgan fingerprint density at radius 3 is 2.73 bits per heavy atom. The van der Waals surface area contributed by atoms with Crippen LogP contribution in [0.2, 0.25) is 0 Å². The van der Waals surface area contributed by atoms with Crippen molar-refractivity contribution in [1.29, 1.82) is 0 Å². The Balaban J connectivity index is 1.50. The molecule has 0 bridgehead atoms. The number of nitrogens with zero attached hydrogens (tertiary/aromatic N) is 3. The molecule has 1 aromatic carbocycles. The van der Waals surface area contributed by atoms with E-state index in [1.165, 1.54) is 0 Å². The van der Waals surface area contributed by atoms with Crippen molar-refractivity contribution in [3.63, 3.8) is 0 Å². The maximum atomic E-state index is 12.5. The van der Waals surface area contributed by atoms with Gasteiger partial charge in [-0.05, 0) is 50.0 Å². The maximum absolute atomic E-state index is 12.5. The standard InChI is InChI=1S/C20H26N4O2/c1-26-13-12-24-10-6-16(7-11-24)15-23-20(25)18-5-2-4-17(14-18)19-21-8-3-9-22-19/h2-5,8-9,14,16H,6-7,10-13,15H2,1H3,(H,23,25). The fraction of sp³-hybridized carbons (Fsp3) is 0.450. The van der Waals surface area contributed by atoms with Gasteiger partial charge in [0.1, 0.15) is 0 Å². The van der Waals surface area contributed by atoms with Gasteiger partial charge in [-0.3, -0.25) is 4.79 Å². The van der Waals surface area contributed by atoms with Crippen molar-refractivity contribution in [3.05, 3.63) is 48.3 Å². The van der Waals surface area contributed by atoms with Crippen LogP contribution in [-0.2, 0) is 4.74 Å². The van der Waals surface area contributed by atoms with Gasteiger partial charge in [0, 0.05) is 43.7 Å². The number of hydrogen-bond donors (Lipinski definition) is 1. The van der Waals surface area contributed by atoms with Gasteiger partial charge in [-0.2, -0.15) is 0 Å². The van der Waals surface area contributed by atoms with E-state index in [9.17, 15) is 4.79 Å². The van der Waals surface area contributed by atoms with E-state index in [-0.39, 0.29) is 5.91 Å². The van der Waals surface area contributed by atoms with Crippen LogP contribution in [0, 0.1) is 5.92 Å². The number of methoxy groups -OCH3 is 1. The summed E-state index contributed by atoms with van der Waals surface area (Å²) in [7, 11) is 1.74. The zero-order valence-electron chi connectivity index (χ0n) is 15.2. The number of hydrogen-bond acceptors (Lipinski definition) is 5. The third kappa shape index (κ3) is 5.09. The molecule has 138 valence electrons. The summed E-state index contributed by atoms with van der Waals surface area (Å²) in [6.45, 7) is 4.64. The molecule has 1 aromatic heterocycles. The fourth-order valence-electron chi connectivity index (χ4n) is 3.22. The average molecular weight is 354 g/mol. The number of carbonyl (C=O) groups is 1. The molecular weight excluding hydrogens is 328 g/mol. The smallest absolute Gasteiger partial charge is 0.251 e. The summed E-state index contributed by atoms with van der Waals surface area (Å²) < 4.78 is 5.13. The summed E-state index contributed by atoms with van der Waals surface area (Å²) in [4.78, 5) is 23.4. The van der Waals surface area contributed by atoms with Crippen LogP contribution in [0.3, 0.4) is 0 Å². The van der Waals surface area contributed by atoms with Crippen LogP contribution in [0.15, 0.2) is 42.7 Å². The molecule has 0 atom stereocenters. The Bertz CT molecular complexity index is 700. The van der Waals surface area contributed by atoms with Crippen molar-refractivity contribution in [2.45, 2.75) is 12.8 Å². The SMILES string of the molecule is COCCN1CCC(CNC(=O)c2cccc(-c3ncccn3)c2)CC1. The Morgan fingerprint density at radius 1 is 1.23 bits per heavy atom. The lowest BCUT2D eigenvalue weighted by atomic mass is 9.96. The molecular formula is C20H26N4O2. The van der Waals surface area contributed by atoms with Gasteiger partial charge in [-0.25, -0.2) is 9.97 Å². The Morgan fingerprint density at radius 2 is 2.00 bits per heavy atom. The van der Waals surface area contributed by atoms with Gasteiger partial charge in [0.05, 0.1) is 6.61 Å². The van der Waals surface area contributed by atoms with Crippen molar-refractivity contribution in [2.75, 3.05) is 39.9 Å². The molecule has 0 unspecified atom stereocenters. The minimum Gasteiger partial charge on any atom is -0.383 e. The number of rotatable bonds is 7. The summed E-state index contributed by atoms with van der Waals surface area (Å²) >= 11 is 0. The van der Waals surface area contributed by atoms with Gasteiger partial charge in [-0.15, -0.1) is 0 Å². The minimum atomic E-state index is -0.0374. The van der Waals surface area contributed by atoms with E-state index in [4.69, 9.17) is 4.74 Å². The predicted octanol–water partition coefficient (Wildman–Crippen LogP) is 2.23. The first-order chi connectivity index (χ1) is 12.8. The number of nitrogens with one attached hydrogen (secondary N) is 1. The number of amides is 1. The van der Waals surface area contributed by atoms with Crippen LogP contribution in [0.25, 0.3) is 11.4 Å². The normalized spacial score (nSPS) is 15.7. The Hall–Kier alpha value is -2.31. The number of benzene rings is 1. The van der Waals surface area contributed by atoms with E-state index in [1.54, 1.807) is 25.6 Å². The van der Waals surface area contributed by atoms with Crippen LogP contribution >= 0.6 is 0 Å². The molecule has 1 saturated heterocycles. The van der Waals surface area contributed by atoms with Gasteiger partial charge < -0.3 is 15.0 Å². The van der Waals surface area contributed by atoms with E-state index in [1.807, 2.05) is 24.3 Å². The van der Waals surface area contributed by atoms with Crippen molar-refractivity contribution in [1.82, 2.24) is 20.2 Å². The minimum absolute atomic E-state index is 0.0374. The lowest BCUT2D eigenvalue weighted by Gasteiger charge is -2.31. The van der Waals surface area contributed by atoms with Gasteiger partial charge in [0.25, 0.3) is 5.91 Å². The summed E-state index contributed by atoms with van der Waals surface area (Å²) in [5, 5.41) is 3.08. The zero-order valence-corrected chi connectivity index (χ0v) is 15.2. The summed E-state index contributed by atoms with van der Waals surface area (Å²) in [5.74, 6) is 1.13. The molecule has 2 aromatic rings. The summed E-state index contributed by atoms with van der Waals surface area (Å²) in [6.07, 6.45) is 5.63. The molecule has 1 amide bonds. The molecule has 1 N–H and O–H groups in total. The monoisotopic (exact) mass is 354 g/mol. The van der Waals surface area contributed by atoms with Gasteiger partial charge >= 0.3 is 0 Å². The molecule has 3 rings (SSSR count). The lowest BCUT2D eigenvalue weighted by molar-refractivity contribution is 0.0926. The first-order valence-electron chi connectivity index (χ1n) is 9.13. The number of piperidine rings is 1. The second-order valence-corrected chi connectivity index (χ2v) is 6.64. The second-order valence-electron chi connectivity index (χ2n) is 6.64. The largest absolute Gasteiger partial charge is 0.383 e. The van der Waals surface area contributed by atoms with Gasteiger partial charge in [0.2, 0.25) is 0 Å². The summed E-state index contributed by atoms with van der Waals surface area (Å²) in [6, 6.07) is 9.24. The molecule has 0 spiro atoms. The summed E-state index contributed by atoms with van der Waals surface area (Å²) in [5.41, 5.74) is 1.50. The van der Waals surface area contributed by atoms with Crippen molar-refractivity contribution in [2.24, 2.45) is 5.92 Å². The van der Waals surface area contributed by atoms with Crippen molar-refractivity contribution in [3.8, 4) is 11.4 Å². The Kier molecular flexibility index (Phi) is 6.68. The molecule has 1 fully saturated rings. The molecule has 6 nitrogen and oxygen atoms in total. The highest BCUT2D eigenvalue weighted by Crippen LogP contribution is 2.18. The average Bonchev–Trinajstić information content (AvgIpc) is 2.72. The van der Waals surface area contributed by atoms with Crippen LogP contribution < -0.4 is 5.32 Å². The van der Waals surface area contributed by atoms with Crippen LogP contribution in [0.5, 0.6) is 0 Å². The molecule has 6 heteroatoms. The van der Waals surface area contributed by atoms with E-state index >= 15 is 0 Å². The number of aromatic nitrogens is 2. The maximum Gasteiger partial charge on any atom is 0.251 e. The number of ether oxygens (including phenoxy) is 1. The lowest BCUT2D eigenvalue weighted by Crippen LogP contribution is -2.39. The molecule has 1 aliphatic rings. The van der Waals surface area contributed by atoms with Crippen LogP contribution in [-0.4, -0.2) is 60.7 Å². The first-order valence-corrected chi connectivity index (χ1v) is 9.13. The van der Waals surface area contributed by atoms with Gasteiger partial charge in [-0.1, -0.05) is 12.1 Å².